The van der Waals surface area contributed by atoms with Gasteiger partial charge in [-0.2, -0.15) is 5.10 Å². The van der Waals surface area contributed by atoms with E-state index in [1.54, 1.807) is 47.4 Å². The average Bonchev–Trinajstić information content (AvgIpc) is 3.44. The van der Waals surface area contributed by atoms with Crippen LogP contribution >= 0.6 is 11.6 Å². The molecule has 3 aromatic carbocycles. The Morgan fingerprint density at radius 3 is 2.45 bits per heavy atom. The quantitative estimate of drug-likeness (QED) is 0.230. The number of carbonyl (C=O) groups excluding carboxylic acids is 1. The Kier molecular flexibility index (Phi) is 7.66. The molecule has 0 radical (unpaired) electrons. The van der Waals surface area contributed by atoms with Gasteiger partial charge in [0.25, 0.3) is 15.9 Å². The van der Waals surface area contributed by atoms with Gasteiger partial charge in [-0.1, -0.05) is 60.1 Å². The van der Waals surface area contributed by atoms with E-state index in [1.807, 2.05) is 30.3 Å². The molecule has 1 amide bonds. The third-order valence-corrected chi connectivity index (χ3v) is 9.49. The van der Waals surface area contributed by atoms with Crippen molar-refractivity contribution in [1.82, 2.24) is 19.5 Å². The van der Waals surface area contributed by atoms with Gasteiger partial charge in [0.2, 0.25) is 0 Å². The van der Waals surface area contributed by atoms with Crippen molar-refractivity contribution in [3.8, 4) is 0 Å². The van der Waals surface area contributed by atoms with Gasteiger partial charge in [0.05, 0.1) is 28.3 Å². The van der Waals surface area contributed by atoms with Crippen LogP contribution in [0.5, 0.6) is 0 Å². The summed E-state index contributed by atoms with van der Waals surface area (Å²) in [6.45, 7) is 0.997. The number of pyridine rings is 1. The summed E-state index contributed by atoms with van der Waals surface area (Å²) in [5, 5.41) is 4.73. The molecule has 214 valence electrons. The minimum atomic E-state index is -4.09. The highest BCUT2D eigenvalue weighted by molar-refractivity contribution is 7.92. The van der Waals surface area contributed by atoms with Gasteiger partial charge in [-0.25, -0.2) is 22.3 Å². The number of amides is 1. The molecule has 8 nitrogen and oxygen atoms in total. The number of piperidine rings is 1. The van der Waals surface area contributed by atoms with Gasteiger partial charge in [0.1, 0.15) is 5.82 Å². The van der Waals surface area contributed by atoms with E-state index in [1.165, 1.54) is 33.2 Å². The number of anilines is 1. The summed E-state index contributed by atoms with van der Waals surface area (Å²) in [4.78, 5) is 19.7. The van der Waals surface area contributed by atoms with E-state index in [0.29, 0.717) is 48.1 Å². The Morgan fingerprint density at radius 2 is 1.69 bits per heavy atom. The molecule has 42 heavy (non-hydrogen) atoms. The minimum absolute atomic E-state index is 0.000203. The fourth-order valence-electron chi connectivity index (χ4n) is 5.19. The molecule has 3 heterocycles. The maximum absolute atomic E-state index is 14.0. The lowest BCUT2D eigenvalue weighted by Crippen LogP contribution is -2.38. The molecule has 1 aliphatic rings. The van der Waals surface area contributed by atoms with Crippen LogP contribution < -0.4 is 4.31 Å². The van der Waals surface area contributed by atoms with Crippen molar-refractivity contribution in [2.24, 2.45) is 0 Å². The molecule has 2 aromatic heterocycles. The zero-order valence-corrected chi connectivity index (χ0v) is 24.0. The van der Waals surface area contributed by atoms with E-state index >= 15 is 0 Å². The first-order chi connectivity index (χ1) is 20.3. The van der Waals surface area contributed by atoms with Crippen LogP contribution in [0, 0.1) is 5.82 Å². The van der Waals surface area contributed by atoms with Crippen molar-refractivity contribution in [2.75, 3.05) is 17.4 Å². The van der Waals surface area contributed by atoms with Crippen LogP contribution in [-0.2, 0) is 16.6 Å². The number of para-hydroxylation sites is 1. The first-order valence-corrected chi connectivity index (χ1v) is 15.3. The fraction of sp³-hybridized carbons (Fsp3) is 0.194. The summed E-state index contributed by atoms with van der Waals surface area (Å²) in [6, 6.07) is 25.1. The summed E-state index contributed by atoms with van der Waals surface area (Å²) >= 11 is 6.45. The number of hydrogen-bond acceptors (Lipinski definition) is 5. The molecule has 0 saturated carbocycles. The Morgan fingerprint density at radius 1 is 0.952 bits per heavy atom. The van der Waals surface area contributed by atoms with Crippen molar-refractivity contribution in [1.29, 1.82) is 0 Å². The van der Waals surface area contributed by atoms with Gasteiger partial charge in [0, 0.05) is 24.6 Å². The summed E-state index contributed by atoms with van der Waals surface area (Å²) in [5.41, 5.74) is 2.00. The van der Waals surface area contributed by atoms with Crippen molar-refractivity contribution >= 4 is 38.9 Å². The van der Waals surface area contributed by atoms with E-state index in [0.717, 1.165) is 5.56 Å². The molecule has 1 saturated heterocycles. The number of fused-ring (bicyclic) bond motifs is 1. The van der Waals surface area contributed by atoms with E-state index in [4.69, 9.17) is 11.6 Å². The molecule has 0 atom stereocenters. The maximum Gasteiger partial charge on any atom is 0.264 e. The van der Waals surface area contributed by atoms with Gasteiger partial charge in [0.15, 0.2) is 11.5 Å². The Labute approximate surface area is 248 Å². The number of sulfonamides is 1. The third kappa shape index (κ3) is 5.60. The van der Waals surface area contributed by atoms with Crippen molar-refractivity contribution in [3.63, 3.8) is 0 Å². The Hall–Kier alpha value is -4.28. The first-order valence-electron chi connectivity index (χ1n) is 13.5. The highest BCUT2D eigenvalue weighted by Gasteiger charge is 2.30. The van der Waals surface area contributed by atoms with Gasteiger partial charge < -0.3 is 4.90 Å². The van der Waals surface area contributed by atoms with Crippen LogP contribution in [0.4, 0.5) is 10.1 Å². The number of halogens is 2. The van der Waals surface area contributed by atoms with Gasteiger partial charge in [-0.3, -0.25) is 9.10 Å². The normalized spacial score (nSPS) is 14.3. The standard InChI is InChI=1S/C31H27ClFN5O3S/c32-27-11-4-5-12-28(27)38(20-22-7-2-1-3-8-22)42(40,41)26-10-6-9-24(19-26)31(39)36-17-15-23(16-18-36)30-34-29-14-13-25(33)21-37(29)35-30/h1-14,19,21,23H,15-18,20H2. The number of aromatic nitrogens is 3. The van der Waals surface area contributed by atoms with Crippen LogP contribution in [0.2, 0.25) is 5.02 Å². The Balaban J connectivity index is 1.22. The largest absolute Gasteiger partial charge is 0.339 e. The SMILES string of the molecule is O=C(c1cccc(S(=O)(=O)N(Cc2ccccc2)c2ccccc2Cl)c1)N1CCC(c2nc3ccc(F)cn3n2)CC1. The molecule has 0 unspecified atom stereocenters. The lowest BCUT2D eigenvalue weighted by Gasteiger charge is -2.31. The zero-order chi connectivity index (χ0) is 29.3. The minimum Gasteiger partial charge on any atom is -0.339 e. The summed E-state index contributed by atoms with van der Waals surface area (Å²) in [7, 11) is -4.09. The molecule has 5 aromatic rings. The molecule has 1 aliphatic heterocycles. The summed E-state index contributed by atoms with van der Waals surface area (Å²) in [6.07, 6.45) is 2.57. The monoisotopic (exact) mass is 603 g/mol. The Bertz CT molecular complexity index is 1860. The summed E-state index contributed by atoms with van der Waals surface area (Å²) in [5.74, 6) is 0.0197. The number of hydrogen-bond donors (Lipinski definition) is 0. The molecule has 0 aliphatic carbocycles. The van der Waals surface area contributed by atoms with Crippen molar-refractivity contribution < 1.29 is 17.6 Å². The van der Waals surface area contributed by atoms with E-state index in [9.17, 15) is 17.6 Å². The molecule has 0 N–H and O–H groups in total. The zero-order valence-electron chi connectivity index (χ0n) is 22.5. The topological polar surface area (TPSA) is 87.9 Å². The van der Waals surface area contributed by atoms with Crippen LogP contribution in [-0.4, -0.2) is 46.9 Å². The van der Waals surface area contributed by atoms with E-state index in [2.05, 4.69) is 10.1 Å². The molecular weight excluding hydrogens is 577 g/mol. The van der Waals surface area contributed by atoms with E-state index in [-0.39, 0.29) is 28.8 Å². The van der Waals surface area contributed by atoms with Crippen molar-refractivity contribution in [2.45, 2.75) is 30.2 Å². The third-order valence-electron chi connectivity index (χ3n) is 7.42. The van der Waals surface area contributed by atoms with Crippen LogP contribution in [0.1, 0.15) is 40.5 Å². The lowest BCUT2D eigenvalue weighted by atomic mass is 9.95. The highest BCUT2D eigenvalue weighted by atomic mass is 35.5. The predicted molar refractivity (Wildman–Crippen MR) is 159 cm³/mol. The number of rotatable bonds is 7. The second-order valence-corrected chi connectivity index (χ2v) is 12.4. The summed E-state index contributed by atoms with van der Waals surface area (Å²) < 4.78 is 44.3. The maximum atomic E-state index is 14.0. The number of likely N-dealkylation sites (tertiary alicyclic amines) is 1. The van der Waals surface area contributed by atoms with Gasteiger partial charge in [-0.05, 0) is 60.9 Å². The molecule has 11 heteroatoms. The van der Waals surface area contributed by atoms with Gasteiger partial charge in [-0.15, -0.1) is 0 Å². The predicted octanol–water partition coefficient (Wildman–Crippen LogP) is 5.94. The van der Waals surface area contributed by atoms with Crippen molar-refractivity contribution in [3.05, 3.63) is 125 Å². The molecule has 6 rings (SSSR count). The lowest BCUT2D eigenvalue weighted by molar-refractivity contribution is 0.0711. The first kappa shape index (κ1) is 27.9. The number of carbonyl (C=O) groups is 1. The molecular formula is C31H27ClFN5O3S. The van der Waals surface area contributed by atoms with Gasteiger partial charge >= 0.3 is 0 Å². The second kappa shape index (κ2) is 11.5. The fourth-order valence-corrected chi connectivity index (χ4v) is 7.00. The second-order valence-electron chi connectivity index (χ2n) is 10.2. The molecule has 0 bridgehead atoms. The van der Waals surface area contributed by atoms with Crippen LogP contribution in [0.3, 0.4) is 0 Å². The molecule has 1 fully saturated rings. The smallest absolute Gasteiger partial charge is 0.264 e. The van der Waals surface area contributed by atoms with Crippen LogP contribution in [0.25, 0.3) is 5.65 Å². The van der Waals surface area contributed by atoms with Crippen LogP contribution in [0.15, 0.2) is 102 Å². The van der Waals surface area contributed by atoms with E-state index < -0.39 is 15.8 Å². The highest BCUT2D eigenvalue weighted by Crippen LogP contribution is 2.33. The average molecular weight is 604 g/mol. The number of benzene rings is 3. The number of nitrogens with zero attached hydrogens (tertiary/aromatic N) is 5. The molecule has 0 spiro atoms.